The number of nitrogens with one attached hydrogen (secondary N) is 1. The van der Waals surface area contributed by atoms with E-state index in [1.54, 1.807) is 24.4 Å². The summed E-state index contributed by atoms with van der Waals surface area (Å²) in [6.07, 6.45) is 0.598. The van der Waals surface area contributed by atoms with Crippen molar-refractivity contribution in [2.75, 3.05) is 5.32 Å². The lowest BCUT2D eigenvalue weighted by molar-refractivity contribution is -0.123. The highest BCUT2D eigenvalue weighted by atomic mass is 35.5. The number of benzene rings is 2. The van der Waals surface area contributed by atoms with Crippen molar-refractivity contribution in [3.63, 3.8) is 0 Å². The van der Waals surface area contributed by atoms with Crippen molar-refractivity contribution < 1.29 is 19.4 Å². The average molecular weight is 371 g/mol. The van der Waals surface area contributed by atoms with Crippen LogP contribution in [0.3, 0.4) is 0 Å². The van der Waals surface area contributed by atoms with Crippen LogP contribution in [0.4, 0.5) is 5.69 Å². The van der Waals surface area contributed by atoms with E-state index >= 15 is 0 Å². The van der Waals surface area contributed by atoms with Crippen molar-refractivity contribution >= 4 is 40.1 Å². The highest BCUT2D eigenvalue weighted by Gasteiger charge is 2.21. The Morgan fingerprint density at radius 3 is 2.77 bits per heavy atom. The van der Waals surface area contributed by atoms with Crippen molar-refractivity contribution in [3.05, 3.63) is 65.3 Å². The van der Waals surface area contributed by atoms with Crippen LogP contribution in [0.15, 0.2) is 54.7 Å². The Bertz CT molecular complexity index is 985. The Hall–Kier alpha value is -3.12. The molecule has 1 amide bonds. The van der Waals surface area contributed by atoms with Gasteiger partial charge in [0, 0.05) is 16.6 Å². The maximum absolute atomic E-state index is 12.4. The fraction of sp³-hybridized carbons (Fsp3) is 0.105. The number of esters is 1. The summed E-state index contributed by atoms with van der Waals surface area (Å²) in [6, 6.07) is 13.0. The second-order valence-electron chi connectivity index (χ2n) is 5.57. The number of hydrogen-bond donors (Lipinski definition) is 2. The summed E-state index contributed by atoms with van der Waals surface area (Å²) < 4.78 is 5.13. The van der Waals surface area contributed by atoms with E-state index in [0.717, 1.165) is 10.9 Å². The predicted octanol–water partition coefficient (Wildman–Crippen LogP) is 3.78. The Kier molecular flexibility index (Phi) is 5.04. The monoisotopic (exact) mass is 370 g/mol. The van der Waals surface area contributed by atoms with Gasteiger partial charge < -0.3 is 15.2 Å². The van der Waals surface area contributed by atoms with Crippen LogP contribution in [0.2, 0.25) is 5.02 Å². The number of nitrogens with zero attached hydrogens (tertiary/aromatic N) is 1. The van der Waals surface area contributed by atoms with Crippen molar-refractivity contribution in [1.29, 1.82) is 0 Å². The zero-order chi connectivity index (χ0) is 18.7. The van der Waals surface area contributed by atoms with Gasteiger partial charge in [0.05, 0.1) is 11.2 Å². The third-order valence-corrected chi connectivity index (χ3v) is 3.97. The molecule has 0 aliphatic heterocycles. The number of phenolic OH excluding ortho intramolecular Hbond substituents is 1. The topological polar surface area (TPSA) is 88.5 Å². The van der Waals surface area contributed by atoms with Gasteiger partial charge in [-0.2, -0.15) is 0 Å². The number of phenols is 1. The fourth-order valence-corrected chi connectivity index (χ4v) is 2.57. The zero-order valence-corrected chi connectivity index (χ0v) is 14.5. The number of fused-ring (bicyclic) bond motifs is 1. The summed E-state index contributed by atoms with van der Waals surface area (Å²) in [5.41, 5.74) is 1.24. The Morgan fingerprint density at radius 2 is 2.00 bits per heavy atom. The molecule has 0 fully saturated rings. The van der Waals surface area contributed by atoms with Crippen LogP contribution < -0.4 is 5.32 Å². The number of carbonyl (C=O) groups is 2. The van der Waals surface area contributed by atoms with Crippen LogP contribution in [-0.2, 0) is 9.53 Å². The number of ether oxygens (including phenoxy) is 1. The average Bonchev–Trinajstić information content (AvgIpc) is 2.61. The molecule has 7 heteroatoms. The Morgan fingerprint density at radius 1 is 1.19 bits per heavy atom. The zero-order valence-electron chi connectivity index (χ0n) is 13.8. The van der Waals surface area contributed by atoms with E-state index in [1.165, 1.54) is 25.1 Å². The number of pyridine rings is 1. The molecular formula is C19H15ClN2O4. The molecule has 3 rings (SSSR count). The first-order chi connectivity index (χ1) is 12.5. The lowest BCUT2D eigenvalue weighted by Crippen LogP contribution is -2.30. The summed E-state index contributed by atoms with van der Waals surface area (Å²) in [7, 11) is 0. The van der Waals surface area contributed by atoms with E-state index in [4.69, 9.17) is 16.3 Å². The number of aromatic nitrogens is 1. The van der Waals surface area contributed by atoms with Crippen molar-refractivity contribution in [3.8, 4) is 5.75 Å². The van der Waals surface area contributed by atoms with Crippen LogP contribution in [0, 0.1) is 0 Å². The molecule has 0 spiro atoms. The summed E-state index contributed by atoms with van der Waals surface area (Å²) in [4.78, 5) is 28.7. The quantitative estimate of drug-likeness (QED) is 0.682. The largest absolute Gasteiger partial charge is 0.507 e. The van der Waals surface area contributed by atoms with Crippen LogP contribution >= 0.6 is 11.6 Å². The van der Waals surface area contributed by atoms with Crippen molar-refractivity contribution in [2.45, 2.75) is 13.0 Å². The van der Waals surface area contributed by atoms with Crippen molar-refractivity contribution in [2.24, 2.45) is 0 Å². The Labute approximate surface area is 154 Å². The number of rotatable bonds is 4. The molecule has 0 saturated carbocycles. The van der Waals surface area contributed by atoms with Gasteiger partial charge in [-0.3, -0.25) is 9.78 Å². The van der Waals surface area contributed by atoms with Gasteiger partial charge in [0.1, 0.15) is 11.3 Å². The van der Waals surface area contributed by atoms with E-state index in [9.17, 15) is 14.7 Å². The highest BCUT2D eigenvalue weighted by molar-refractivity contribution is 6.30. The van der Waals surface area contributed by atoms with Crippen LogP contribution in [0.1, 0.15) is 17.3 Å². The second kappa shape index (κ2) is 7.41. The van der Waals surface area contributed by atoms with Gasteiger partial charge in [-0.25, -0.2) is 4.79 Å². The lowest BCUT2D eigenvalue weighted by Gasteiger charge is -2.15. The predicted molar refractivity (Wildman–Crippen MR) is 98.4 cm³/mol. The molecule has 6 nitrogen and oxygen atoms in total. The molecule has 1 aromatic heterocycles. The third-order valence-electron chi connectivity index (χ3n) is 3.74. The van der Waals surface area contributed by atoms with Gasteiger partial charge in [-0.15, -0.1) is 0 Å². The first kappa shape index (κ1) is 17.7. The molecular weight excluding hydrogens is 356 g/mol. The molecule has 1 heterocycles. The number of halogens is 1. The molecule has 2 N–H and O–H groups in total. The van der Waals surface area contributed by atoms with E-state index in [-0.39, 0.29) is 16.3 Å². The highest BCUT2D eigenvalue weighted by Crippen LogP contribution is 2.24. The first-order valence-electron chi connectivity index (χ1n) is 7.80. The van der Waals surface area contributed by atoms with E-state index in [0.29, 0.717) is 5.69 Å². The van der Waals surface area contributed by atoms with Gasteiger partial charge in [-0.1, -0.05) is 17.7 Å². The lowest BCUT2D eigenvalue weighted by atomic mass is 10.1. The van der Waals surface area contributed by atoms with Crippen LogP contribution in [0.5, 0.6) is 5.75 Å². The number of hydrogen-bond acceptors (Lipinski definition) is 5. The number of anilines is 1. The summed E-state index contributed by atoms with van der Waals surface area (Å²) in [5, 5.41) is 13.6. The normalized spacial score (nSPS) is 11.8. The minimum absolute atomic E-state index is 0.0663. The minimum atomic E-state index is -1.07. The SMILES string of the molecule is CC(OC(=O)c1ccc(Cl)cc1O)C(=O)Nc1cccc2ncccc12. The number of amides is 1. The van der Waals surface area contributed by atoms with Gasteiger partial charge in [0.2, 0.25) is 0 Å². The fourth-order valence-electron chi connectivity index (χ4n) is 2.40. The molecule has 0 saturated heterocycles. The van der Waals surface area contributed by atoms with E-state index in [1.807, 2.05) is 12.1 Å². The molecule has 0 aliphatic rings. The molecule has 2 aromatic carbocycles. The number of aromatic hydroxyl groups is 1. The maximum atomic E-state index is 12.4. The van der Waals surface area contributed by atoms with Gasteiger partial charge >= 0.3 is 5.97 Å². The van der Waals surface area contributed by atoms with Gasteiger partial charge in [-0.05, 0) is 49.4 Å². The van der Waals surface area contributed by atoms with Gasteiger partial charge in [0.25, 0.3) is 5.91 Å². The first-order valence-corrected chi connectivity index (χ1v) is 8.17. The standard InChI is InChI=1S/C19H15ClN2O4/c1-11(26-19(25)14-8-7-12(20)10-17(14)23)18(24)22-16-6-2-5-15-13(16)4-3-9-21-15/h2-11,23H,1H3,(H,22,24). The van der Waals surface area contributed by atoms with E-state index in [2.05, 4.69) is 10.3 Å². The van der Waals surface area contributed by atoms with Gasteiger partial charge in [0.15, 0.2) is 6.10 Å². The maximum Gasteiger partial charge on any atom is 0.342 e. The molecule has 3 aromatic rings. The molecule has 0 radical (unpaired) electrons. The molecule has 1 unspecified atom stereocenters. The third kappa shape index (κ3) is 3.75. The smallest absolute Gasteiger partial charge is 0.342 e. The molecule has 132 valence electrons. The second-order valence-corrected chi connectivity index (χ2v) is 6.01. The summed E-state index contributed by atoms with van der Waals surface area (Å²) in [6.45, 7) is 1.45. The molecule has 0 bridgehead atoms. The molecule has 0 aliphatic carbocycles. The molecule has 1 atom stereocenters. The van der Waals surface area contributed by atoms with E-state index < -0.39 is 18.0 Å². The van der Waals surface area contributed by atoms with Crippen LogP contribution in [-0.4, -0.2) is 28.1 Å². The minimum Gasteiger partial charge on any atom is -0.507 e. The number of carbonyl (C=O) groups excluding carboxylic acids is 2. The summed E-state index contributed by atoms with van der Waals surface area (Å²) in [5.74, 6) is -1.63. The van der Waals surface area contributed by atoms with Crippen LogP contribution in [0.25, 0.3) is 10.9 Å². The molecule has 26 heavy (non-hydrogen) atoms. The Balaban J connectivity index is 1.72. The van der Waals surface area contributed by atoms with Crippen molar-refractivity contribution in [1.82, 2.24) is 4.98 Å². The summed E-state index contributed by atoms with van der Waals surface area (Å²) >= 11 is 5.73.